The van der Waals surface area contributed by atoms with Crippen LogP contribution in [0.25, 0.3) is 22.3 Å². The number of pyridine rings is 1. The molecule has 0 aliphatic rings. The van der Waals surface area contributed by atoms with Crippen LogP contribution < -0.4 is 5.73 Å². The Morgan fingerprint density at radius 1 is 1.14 bits per heavy atom. The fourth-order valence-electron chi connectivity index (χ4n) is 3.33. The molecular formula is C21H23F4N3. The van der Waals surface area contributed by atoms with E-state index in [-0.39, 0.29) is 22.7 Å². The first-order valence-electron chi connectivity index (χ1n) is 9.00. The molecule has 7 heteroatoms. The fourth-order valence-corrected chi connectivity index (χ4v) is 3.33. The number of hydrogen-bond acceptors (Lipinski definition) is 2. The van der Waals surface area contributed by atoms with Crippen LogP contribution in [-0.2, 0) is 12.7 Å². The van der Waals surface area contributed by atoms with Gasteiger partial charge in [-0.05, 0) is 30.0 Å². The molecule has 1 atom stereocenters. The van der Waals surface area contributed by atoms with Crippen LogP contribution in [0.1, 0.15) is 44.9 Å². The van der Waals surface area contributed by atoms with E-state index in [4.69, 9.17) is 5.73 Å². The summed E-state index contributed by atoms with van der Waals surface area (Å²) in [4.78, 5) is 4.34. The van der Waals surface area contributed by atoms with E-state index < -0.39 is 17.6 Å². The third-order valence-corrected chi connectivity index (χ3v) is 4.46. The predicted molar refractivity (Wildman–Crippen MR) is 102 cm³/mol. The van der Waals surface area contributed by atoms with Gasteiger partial charge in [0.25, 0.3) is 0 Å². The van der Waals surface area contributed by atoms with Crippen LogP contribution in [0.15, 0.2) is 36.5 Å². The van der Waals surface area contributed by atoms with Crippen LogP contribution >= 0.6 is 0 Å². The van der Waals surface area contributed by atoms with Crippen molar-refractivity contribution in [3.63, 3.8) is 0 Å². The summed E-state index contributed by atoms with van der Waals surface area (Å²) in [5.41, 5.74) is 5.54. The van der Waals surface area contributed by atoms with Gasteiger partial charge in [-0.25, -0.2) is 9.37 Å². The highest BCUT2D eigenvalue weighted by Gasteiger charge is 2.34. The van der Waals surface area contributed by atoms with Gasteiger partial charge in [0, 0.05) is 29.7 Å². The van der Waals surface area contributed by atoms with E-state index >= 15 is 0 Å². The lowest BCUT2D eigenvalue weighted by Gasteiger charge is -2.20. The Morgan fingerprint density at radius 3 is 2.36 bits per heavy atom. The second kappa shape index (κ2) is 6.88. The quantitative estimate of drug-likeness (QED) is 0.561. The zero-order valence-corrected chi connectivity index (χ0v) is 16.2. The number of nitrogens with two attached hydrogens (primary N) is 1. The third-order valence-electron chi connectivity index (χ3n) is 4.46. The maximum Gasteiger partial charge on any atom is 0.417 e. The highest BCUT2D eigenvalue weighted by molar-refractivity contribution is 5.84. The molecule has 2 N–H and O–H groups in total. The van der Waals surface area contributed by atoms with Crippen molar-refractivity contribution in [1.82, 2.24) is 9.55 Å². The molecule has 0 unspecified atom stereocenters. The lowest BCUT2D eigenvalue weighted by atomic mass is 9.97. The number of benzene rings is 1. The Morgan fingerprint density at radius 2 is 1.79 bits per heavy atom. The Hall–Kier alpha value is -2.41. The van der Waals surface area contributed by atoms with Gasteiger partial charge in [0.15, 0.2) is 0 Å². The van der Waals surface area contributed by atoms with Gasteiger partial charge in [0.2, 0.25) is 0 Å². The summed E-state index contributed by atoms with van der Waals surface area (Å²) in [6.07, 6.45) is -2.80. The Labute approximate surface area is 161 Å². The number of aromatic nitrogens is 2. The van der Waals surface area contributed by atoms with Crippen molar-refractivity contribution in [3.8, 4) is 11.3 Å². The zero-order chi connectivity index (χ0) is 20.9. The van der Waals surface area contributed by atoms with Crippen LogP contribution in [0.2, 0.25) is 0 Å². The average Bonchev–Trinajstić information content (AvgIpc) is 2.89. The van der Waals surface area contributed by atoms with Gasteiger partial charge in [-0.15, -0.1) is 0 Å². The molecule has 0 fully saturated rings. The van der Waals surface area contributed by atoms with E-state index in [1.54, 1.807) is 6.92 Å². The third kappa shape index (κ3) is 3.90. The van der Waals surface area contributed by atoms with Gasteiger partial charge in [-0.2, -0.15) is 13.2 Å². The number of hydrogen-bond donors (Lipinski definition) is 1. The summed E-state index contributed by atoms with van der Waals surface area (Å²) in [6, 6.07) is 5.77. The Balaban J connectivity index is 2.30. The van der Waals surface area contributed by atoms with Gasteiger partial charge in [-0.1, -0.05) is 39.0 Å². The maximum atomic E-state index is 14.9. The standard InChI is InChI=1S/C21H23F4N3/c1-12(26)15-10-28(11-20(2,3)4)19-14(15)9-17(22)18(27-19)13-7-5-6-8-16(13)21(23,24)25/h5-10,12H,11,26H2,1-4H3/t12-/m1/s1. The highest BCUT2D eigenvalue weighted by atomic mass is 19.4. The SMILES string of the molecule is C[C@@H](N)c1cn(CC(C)(C)C)c2nc(-c3ccccc3C(F)(F)F)c(F)cc12. The second-order valence-corrected chi connectivity index (χ2v) is 8.29. The van der Waals surface area contributed by atoms with Gasteiger partial charge >= 0.3 is 6.18 Å². The normalized spacial score (nSPS) is 13.9. The summed E-state index contributed by atoms with van der Waals surface area (Å²) in [5.74, 6) is -0.806. The molecule has 3 nitrogen and oxygen atoms in total. The van der Waals surface area contributed by atoms with Gasteiger partial charge in [-0.3, -0.25) is 0 Å². The van der Waals surface area contributed by atoms with Crippen molar-refractivity contribution >= 4 is 11.0 Å². The Kier molecular flexibility index (Phi) is 5.00. The minimum Gasteiger partial charge on any atom is -0.332 e. The van der Waals surface area contributed by atoms with Crippen molar-refractivity contribution in [1.29, 1.82) is 0 Å². The molecule has 150 valence electrons. The number of nitrogens with zero attached hydrogens (tertiary/aromatic N) is 2. The lowest BCUT2D eigenvalue weighted by molar-refractivity contribution is -0.137. The molecule has 3 rings (SSSR count). The summed E-state index contributed by atoms with van der Waals surface area (Å²) in [6.45, 7) is 8.45. The molecule has 0 spiro atoms. The largest absolute Gasteiger partial charge is 0.417 e. The molecule has 0 aliphatic heterocycles. The molecule has 2 heterocycles. The first-order chi connectivity index (χ1) is 12.9. The van der Waals surface area contributed by atoms with Crippen molar-refractivity contribution in [2.45, 2.75) is 46.5 Å². The van der Waals surface area contributed by atoms with E-state index in [0.717, 1.165) is 6.07 Å². The lowest BCUT2D eigenvalue weighted by Crippen LogP contribution is -2.15. The molecule has 0 aliphatic carbocycles. The summed E-state index contributed by atoms with van der Waals surface area (Å²) < 4.78 is 57.0. The zero-order valence-electron chi connectivity index (χ0n) is 16.2. The molecule has 3 aromatic rings. The van der Waals surface area contributed by atoms with Gasteiger partial charge in [0.05, 0.1) is 5.56 Å². The molecule has 28 heavy (non-hydrogen) atoms. The number of alkyl halides is 3. The second-order valence-electron chi connectivity index (χ2n) is 8.29. The van der Waals surface area contributed by atoms with Crippen LogP contribution in [0, 0.1) is 11.2 Å². The molecule has 1 aromatic carbocycles. The first-order valence-corrected chi connectivity index (χ1v) is 9.00. The van der Waals surface area contributed by atoms with Crippen LogP contribution in [0.3, 0.4) is 0 Å². The van der Waals surface area contributed by atoms with Crippen molar-refractivity contribution in [3.05, 3.63) is 53.5 Å². The van der Waals surface area contributed by atoms with Crippen LogP contribution in [-0.4, -0.2) is 9.55 Å². The van der Waals surface area contributed by atoms with E-state index in [1.165, 1.54) is 24.3 Å². The minimum absolute atomic E-state index is 0.110. The van der Waals surface area contributed by atoms with Gasteiger partial charge in [0.1, 0.15) is 17.2 Å². The first kappa shape index (κ1) is 20.3. The smallest absolute Gasteiger partial charge is 0.332 e. The summed E-state index contributed by atoms with van der Waals surface area (Å²) >= 11 is 0. The van der Waals surface area contributed by atoms with Crippen LogP contribution in [0.4, 0.5) is 17.6 Å². The van der Waals surface area contributed by atoms with E-state index in [9.17, 15) is 17.6 Å². The Bertz CT molecular complexity index is 1010. The van der Waals surface area contributed by atoms with Crippen molar-refractivity contribution in [2.24, 2.45) is 11.1 Å². The fraction of sp³-hybridized carbons (Fsp3) is 0.381. The van der Waals surface area contributed by atoms with E-state index in [0.29, 0.717) is 23.1 Å². The molecule has 0 bridgehead atoms. The molecular weight excluding hydrogens is 370 g/mol. The number of rotatable bonds is 3. The van der Waals surface area contributed by atoms with Crippen molar-refractivity contribution < 1.29 is 17.6 Å². The van der Waals surface area contributed by atoms with Crippen molar-refractivity contribution in [2.75, 3.05) is 0 Å². The predicted octanol–water partition coefficient (Wildman–Crippen LogP) is 5.93. The average molecular weight is 393 g/mol. The summed E-state index contributed by atoms with van der Waals surface area (Å²) in [5, 5.41) is 0.519. The summed E-state index contributed by atoms with van der Waals surface area (Å²) in [7, 11) is 0. The number of halogens is 4. The number of fused-ring (bicyclic) bond motifs is 1. The van der Waals surface area contributed by atoms with E-state index in [2.05, 4.69) is 4.98 Å². The highest BCUT2D eigenvalue weighted by Crippen LogP contribution is 2.38. The molecule has 0 radical (unpaired) electrons. The molecule has 0 saturated heterocycles. The van der Waals surface area contributed by atoms with E-state index in [1.807, 2.05) is 31.5 Å². The molecule has 2 aromatic heterocycles. The minimum atomic E-state index is -4.61. The maximum absolute atomic E-state index is 14.9. The topological polar surface area (TPSA) is 43.8 Å². The monoisotopic (exact) mass is 393 g/mol. The molecule has 0 amide bonds. The van der Waals surface area contributed by atoms with Gasteiger partial charge < -0.3 is 10.3 Å². The van der Waals surface area contributed by atoms with Crippen LogP contribution in [0.5, 0.6) is 0 Å². The molecule has 0 saturated carbocycles.